The molecule has 1 aromatic heterocycles. The average molecular weight is 242 g/mol. The molecule has 0 spiro atoms. The highest BCUT2D eigenvalue weighted by atomic mass is 32.1. The van der Waals surface area contributed by atoms with Gasteiger partial charge < -0.3 is 20.5 Å². The molecule has 0 bridgehead atoms. The van der Waals surface area contributed by atoms with Gasteiger partial charge in [0.25, 0.3) is 0 Å². The fourth-order valence-electron chi connectivity index (χ4n) is 1.01. The molecule has 0 unspecified atom stereocenters. The lowest BCUT2D eigenvalue weighted by molar-refractivity contribution is 0.0759. The van der Waals surface area contributed by atoms with Gasteiger partial charge in [-0.05, 0) is 11.5 Å². The van der Waals surface area contributed by atoms with E-state index in [4.69, 9.17) is 20.5 Å². The monoisotopic (exact) mass is 242 g/mol. The summed E-state index contributed by atoms with van der Waals surface area (Å²) in [6.45, 7) is 2.30. The van der Waals surface area contributed by atoms with Gasteiger partial charge in [0, 0.05) is 13.7 Å². The maximum Gasteiger partial charge on any atom is 0.157 e. The van der Waals surface area contributed by atoms with E-state index >= 15 is 0 Å². The maximum atomic E-state index is 8.81. The van der Waals surface area contributed by atoms with E-state index in [-0.39, 0.29) is 5.82 Å². The zero-order valence-corrected chi connectivity index (χ0v) is 9.84. The van der Waals surface area contributed by atoms with E-state index in [2.05, 4.69) is 9.69 Å². The summed E-state index contributed by atoms with van der Waals surface area (Å²) in [6.07, 6.45) is 0. The summed E-state index contributed by atoms with van der Waals surface area (Å²) in [5.74, 6) is 0.273. The summed E-state index contributed by atoms with van der Waals surface area (Å²) in [7, 11) is 1.63. The molecule has 0 radical (unpaired) electrons. The zero-order valence-electron chi connectivity index (χ0n) is 9.02. The van der Waals surface area contributed by atoms with Crippen LogP contribution in [0, 0.1) is 11.3 Å². The third kappa shape index (κ3) is 3.66. The highest BCUT2D eigenvalue weighted by Gasteiger charge is 2.09. The molecule has 1 heterocycles. The second-order valence-electron chi connectivity index (χ2n) is 2.92. The molecule has 1 aromatic rings. The van der Waals surface area contributed by atoms with Crippen LogP contribution in [0.5, 0.6) is 0 Å². The average Bonchev–Trinajstić information content (AvgIpc) is 2.64. The predicted molar refractivity (Wildman–Crippen MR) is 62.4 cm³/mol. The molecular formula is C9H14N4O2S. The molecule has 0 fully saturated rings. The topological polar surface area (TPSA) is 93.2 Å². The molecule has 0 aliphatic carbocycles. The number of hydrogen-bond acceptors (Lipinski definition) is 7. The van der Waals surface area contributed by atoms with Gasteiger partial charge in [-0.25, -0.2) is 0 Å². The third-order valence-electron chi connectivity index (χ3n) is 1.79. The van der Waals surface area contributed by atoms with Crippen LogP contribution in [0.1, 0.15) is 5.56 Å². The Labute approximate surface area is 98.1 Å². The van der Waals surface area contributed by atoms with Crippen LogP contribution < -0.4 is 11.1 Å². The first-order valence-corrected chi connectivity index (χ1v) is 5.52. The summed E-state index contributed by atoms with van der Waals surface area (Å²) >= 11 is 1.18. The van der Waals surface area contributed by atoms with Crippen molar-refractivity contribution in [3.63, 3.8) is 0 Å². The number of methoxy groups -OCH3 is 1. The van der Waals surface area contributed by atoms with Crippen molar-refractivity contribution < 1.29 is 9.47 Å². The van der Waals surface area contributed by atoms with E-state index in [0.717, 1.165) is 0 Å². The van der Waals surface area contributed by atoms with Gasteiger partial charge in [0.2, 0.25) is 0 Å². The first kappa shape index (κ1) is 12.7. The number of nitrogen functional groups attached to an aromatic ring is 1. The molecule has 6 nitrogen and oxygen atoms in total. The van der Waals surface area contributed by atoms with Gasteiger partial charge in [-0.15, -0.1) is 0 Å². The van der Waals surface area contributed by atoms with Crippen LogP contribution in [-0.4, -0.2) is 37.8 Å². The van der Waals surface area contributed by atoms with E-state index in [0.29, 0.717) is 36.9 Å². The number of nitrogens with one attached hydrogen (secondary N) is 1. The Hall–Kier alpha value is -1.36. The van der Waals surface area contributed by atoms with Gasteiger partial charge in [0.1, 0.15) is 16.6 Å². The largest absolute Gasteiger partial charge is 0.382 e. The molecular weight excluding hydrogens is 228 g/mol. The number of rotatable bonds is 7. The third-order valence-corrected chi connectivity index (χ3v) is 2.61. The summed E-state index contributed by atoms with van der Waals surface area (Å²) in [5, 5.41) is 12.5. The van der Waals surface area contributed by atoms with Crippen LogP contribution in [0.15, 0.2) is 0 Å². The van der Waals surface area contributed by atoms with Crippen LogP contribution in [0.3, 0.4) is 0 Å². The Morgan fingerprint density at radius 1 is 1.50 bits per heavy atom. The molecule has 88 valence electrons. The quantitative estimate of drug-likeness (QED) is 0.683. The standard InChI is InChI=1S/C9H14N4O2S/c1-14-4-5-15-3-2-12-9-7(6-10)8(11)13-16-9/h12H,2-5H2,1H3,(H2,11,13). The number of aromatic nitrogens is 1. The molecule has 0 saturated carbocycles. The van der Waals surface area contributed by atoms with Crippen molar-refractivity contribution in [2.45, 2.75) is 0 Å². The Morgan fingerprint density at radius 3 is 3.00 bits per heavy atom. The number of hydrogen-bond donors (Lipinski definition) is 2. The summed E-state index contributed by atoms with van der Waals surface area (Å²) < 4.78 is 14.0. The smallest absolute Gasteiger partial charge is 0.157 e. The molecule has 0 atom stereocenters. The maximum absolute atomic E-state index is 8.81. The predicted octanol–water partition coefficient (Wildman–Crippen LogP) is 0.672. The lowest BCUT2D eigenvalue weighted by Crippen LogP contribution is -2.11. The Morgan fingerprint density at radius 2 is 2.31 bits per heavy atom. The molecule has 16 heavy (non-hydrogen) atoms. The lowest BCUT2D eigenvalue weighted by Gasteiger charge is -2.04. The second-order valence-corrected chi connectivity index (χ2v) is 3.69. The van der Waals surface area contributed by atoms with E-state index in [9.17, 15) is 0 Å². The molecule has 1 rings (SSSR count). The van der Waals surface area contributed by atoms with Crippen molar-refractivity contribution in [2.24, 2.45) is 0 Å². The minimum atomic E-state index is 0.273. The molecule has 0 aliphatic heterocycles. The van der Waals surface area contributed by atoms with Gasteiger partial charge in [-0.1, -0.05) is 0 Å². The fourth-order valence-corrected chi connectivity index (χ4v) is 1.70. The van der Waals surface area contributed by atoms with Crippen molar-refractivity contribution in [3.8, 4) is 6.07 Å². The number of nitrogens with two attached hydrogens (primary N) is 1. The molecule has 0 amide bonds. The van der Waals surface area contributed by atoms with Gasteiger partial charge in [0.15, 0.2) is 5.82 Å². The van der Waals surface area contributed by atoms with Crippen molar-refractivity contribution in [2.75, 3.05) is 44.5 Å². The Bertz CT molecular complexity index is 361. The lowest BCUT2D eigenvalue weighted by atomic mass is 10.3. The molecule has 7 heteroatoms. The summed E-state index contributed by atoms with van der Waals surface area (Å²) in [5.41, 5.74) is 5.92. The highest BCUT2D eigenvalue weighted by Crippen LogP contribution is 2.24. The van der Waals surface area contributed by atoms with Gasteiger partial charge in [-0.3, -0.25) is 0 Å². The van der Waals surface area contributed by atoms with Crippen LogP contribution in [-0.2, 0) is 9.47 Å². The van der Waals surface area contributed by atoms with Gasteiger partial charge in [0.05, 0.1) is 19.8 Å². The fraction of sp³-hybridized carbons (Fsp3) is 0.556. The van der Waals surface area contributed by atoms with Crippen molar-refractivity contribution >= 4 is 22.4 Å². The summed E-state index contributed by atoms with van der Waals surface area (Å²) in [4.78, 5) is 0. The van der Waals surface area contributed by atoms with E-state index in [1.807, 2.05) is 6.07 Å². The normalized spacial score (nSPS) is 10.0. The number of nitriles is 1. The van der Waals surface area contributed by atoms with Crippen molar-refractivity contribution in [1.29, 1.82) is 5.26 Å². The molecule has 0 aliphatic rings. The minimum absolute atomic E-state index is 0.273. The molecule has 3 N–H and O–H groups in total. The van der Waals surface area contributed by atoms with Crippen LogP contribution in [0.25, 0.3) is 0 Å². The number of ether oxygens (including phenoxy) is 2. The van der Waals surface area contributed by atoms with E-state index in [1.54, 1.807) is 7.11 Å². The zero-order chi connectivity index (χ0) is 11.8. The molecule has 0 aromatic carbocycles. The highest BCUT2D eigenvalue weighted by molar-refractivity contribution is 7.10. The molecule has 0 saturated heterocycles. The van der Waals surface area contributed by atoms with Crippen LogP contribution >= 0.6 is 11.5 Å². The number of nitrogens with zero attached hydrogens (tertiary/aromatic N) is 2. The van der Waals surface area contributed by atoms with Gasteiger partial charge in [-0.2, -0.15) is 9.64 Å². The number of anilines is 2. The van der Waals surface area contributed by atoms with E-state index < -0.39 is 0 Å². The minimum Gasteiger partial charge on any atom is -0.382 e. The first-order valence-electron chi connectivity index (χ1n) is 4.75. The van der Waals surface area contributed by atoms with Crippen LogP contribution in [0.4, 0.5) is 10.8 Å². The first-order chi connectivity index (χ1) is 7.79. The Kier molecular flexibility index (Phi) is 5.56. The van der Waals surface area contributed by atoms with Crippen molar-refractivity contribution in [1.82, 2.24) is 4.37 Å². The van der Waals surface area contributed by atoms with Gasteiger partial charge >= 0.3 is 0 Å². The van der Waals surface area contributed by atoms with Crippen LogP contribution in [0.2, 0.25) is 0 Å². The van der Waals surface area contributed by atoms with E-state index in [1.165, 1.54) is 11.5 Å². The second kappa shape index (κ2) is 7.00. The van der Waals surface area contributed by atoms with Crippen molar-refractivity contribution in [3.05, 3.63) is 5.56 Å². The summed E-state index contributed by atoms with van der Waals surface area (Å²) in [6, 6.07) is 2.00. The Balaban J connectivity index is 2.25. The SMILES string of the molecule is COCCOCCNc1snc(N)c1C#N.